The minimum Gasteiger partial charge on any atom is -0.378 e. The monoisotopic (exact) mass is 407 g/mol. The Morgan fingerprint density at radius 3 is 2.79 bits per heavy atom. The van der Waals surface area contributed by atoms with Crippen molar-refractivity contribution in [2.75, 3.05) is 37.7 Å². The molecule has 0 N–H and O–H groups in total. The van der Waals surface area contributed by atoms with E-state index in [1.54, 1.807) is 4.52 Å². The molecule has 2 aliphatic heterocycles. The van der Waals surface area contributed by atoms with Crippen LogP contribution in [0.3, 0.4) is 0 Å². The summed E-state index contributed by atoms with van der Waals surface area (Å²) in [6, 6.07) is 10.7. The summed E-state index contributed by atoms with van der Waals surface area (Å²) < 4.78 is 7.35. The van der Waals surface area contributed by atoms with Crippen LogP contribution in [-0.4, -0.2) is 62.8 Å². The molecule has 0 bridgehead atoms. The molecule has 2 aliphatic rings. The first-order chi connectivity index (χ1) is 14.4. The predicted octanol–water partition coefficient (Wildman–Crippen LogP) is 2.13. The molecule has 0 amide bonds. The summed E-state index contributed by atoms with van der Waals surface area (Å²) in [5, 5.41) is 13.4. The number of ether oxygens (including phenoxy) is 1. The number of aromatic nitrogens is 5. The molecule has 0 radical (unpaired) electrons. The molecule has 1 saturated heterocycles. The molecular formula is C20H21N7OS. The van der Waals surface area contributed by atoms with Gasteiger partial charge < -0.3 is 9.64 Å². The Labute approximate surface area is 171 Å². The lowest BCUT2D eigenvalue weighted by molar-refractivity contribution is 0.122. The Kier molecular flexibility index (Phi) is 4.17. The third kappa shape index (κ3) is 2.97. The second-order valence-electron chi connectivity index (χ2n) is 7.56. The first-order valence-electron chi connectivity index (χ1n) is 9.98. The molecule has 1 fully saturated rings. The van der Waals surface area contributed by atoms with E-state index in [4.69, 9.17) is 9.72 Å². The van der Waals surface area contributed by atoms with Crippen molar-refractivity contribution >= 4 is 33.1 Å². The normalized spacial score (nSPS) is 17.9. The van der Waals surface area contributed by atoms with Crippen LogP contribution in [0.1, 0.15) is 16.0 Å². The SMILES string of the molecule is c1ccc(CN2CCc3c(sc4c3c(N3CCOCC3)nc3nnnn34)C2)cc1. The summed E-state index contributed by atoms with van der Waals surface area (Å²) in [6.07, 6.45) is 1.02. The standard InChI is InChI=1S/C20H21N7OS/c1-2-4-14(5-3-1)12-25-7-6-15-16(13-25)29-19-17(15)18(26-8-10-28-11-9-26)21-20-22-23-24-27(19)20/h1-5H,6-13H2. The number of nitrogens with zero attached hydrogens (tertiary/aromatic N) is 7. The quantitative estimate of drug-likeness (QED) is 0.515. The minimum absolute atomic E-state index is 0.568. The zero-order valence-corrected chi connectivity index (χ0v) is 16.8. The van der Waals surface area contributed by atoms with Crippen LogP contribution in [0.25, 0.3) is 16.0 Å². The summed E-state index contributed by atoms with van der Waals surface area (Å²) in [4.78, 5) is 12.2. The third-order valence-corrected chi connectivity index (χ3v) is 6.94. The molecule has 9 heteroatoms. The van der Waals surface area contributed by atoms with E-state index in [2.05, 4.69) is 55.7 Å². The number of hydrogen-bond donors (Lipinski definition) is 0. The first kappa shape index (κ1) is 17.3. The van der Waals surface area contributed by atoms with Gasteiger partial charge in [0.2, 0.25) is 0 Å². The summed E-state index contributed by atoms with van der Waals surface area (Å²) in [5.41, 5.74) is 2.77. The highest BCUT2D eigenvalue weighted by Crippen LogP contribution is 2.40. The Bertz CT molecular complexity index is 1170. The van der Waals surface area contributed by atoms with E-state index in [0.717, 1.165) is 63.0 Å². The van der Waals surface area contributed by atoms with Gasteiger partial charge in [0.1, 0.15) is 10.6 Å². The highest BCUT2D eigenvalue weighted by molar-refractivity contribution is 7.19. The highest BCUT2D eigenvalue weighted by Gasteiger charge is 2.28. The number of tetrazole rings is 1. The van der Waals surface area contributed by atoms with E-state index >= 15 is 0 Å². The van der Waals surface area contributed by atoms with Gasteiger partial charge in [0, 0.05) is 37.6 Å². The Morgan fingerprint density at radius 2 is 1.93 bits per heavy atom. The van der Waals surface area contributed by atoms with Crippen LogP contribution in [0.15, 0.2) is 30.3 Å². The van der Waals surface area contributed by atoms with Gasteiger partial charge in [-0.3, -0.25) is 4.90 Å². The molecule has 1 aromatic carbocycles. The number of benzene rings is 1. The fraction of sp³-hybridized carbons (Fsp3) is 0.400. The fourth-order valence-corrected chi connectivity index (χ4v) is 5.67. The Morgan fingerprint density at radius 1 is 1.07 bits per heavy atom. The van der Waals surface area contributed by atoms with Crippen LogP contribution < -0.4 is 4.90 Å². The van der Waals surface area contributed by atoms with Crippen molar-refractivity contribution in [1.82, 2.24) is 29.9 Å². The second kappa shape index (κ2) is 7.01. The van der Waals surface area contributed by atoms with Gasteiger partial charge in [-0.05, 0) is 28.0 Å². The fourth-order valence-electron chi connectivity index (χ4n) is 4.34. The number of thiophene rings is 1. The van der Waals surface area contributed by atoms with Crippen molar-refractivity contribution in [3.63, 3.8) is 0 Å². The molecule has 5 heterocycles. The molecular weight excluding hydrogens is 386 g/mol. The maximum atomic E-state index is 5.55. The van der Waals surface area contributed by atoms with Gasteiger partial charge in [-0.2, -0.15) is 9.50 Å². The van der Waals surface area contributed by atoms with Gasteiger partial charge in [-0.15, -0.1) is 11.3 Å². The highest BCUT2D eigenvalue weighted by atomic mass is 32.1. The largest absolute Gasteiger partial charge is 0.378 e. The summed E-state index contributed by atoms with van der Waals surface area (Å²) in [5.74, 6) is 1.58. The molecule has 6 rings (SSSR count). The van der Waals surface area contributed by atoms with E-state index in [0.29, 0.717) is 5.78 Å². The average Bonchev–Trinajstić information content (AvgIpc) is 3.38. The maximum Gasteiger partial charge on any atom is 0.276 e. The van der Waals surface area contributed by atoms with Crippen molar-refractivity contribution in [2.45, 2.75) is 19.5 Å². The van der Waals surface area contributed by atoms with Crippen molar-refractivity contribution < 1.29 is 4.74 Å². The van der Waals surface area contributed by atoms with E-state index in [-0.39, 0.29) is 0 Å². The number of rotatable bonds is 3. The van der Waals surface area contributed by atoms with Crippen LogP contribution in [0.5, 0.6) is 0 Å². The summed E-state index contributed by atoms with van der Waals surface area (Å²) in [6.45, 7) is 6.14. The molecule has 0 spiro atoms. The molecule has 0 atom stereocenters. The zero-order chi connectivity index (χ0) is 19.2. The maximum absolute atomic E-state index is 5.55. The van der Waals surface area contributed by atoms with Crippen molar-refractivity contribution in [2.24, 2.45) is 0 Å². The van der Waals surface area contributed by atoms with Crippen molar-refractivity contribution in [3.05, 3.63) is 46.3 Å². The van der Waals surface area contributed by atoms with E-state index in [1.165, 1.54) is 21.4 Å². The molecule has 3 aromatic heterocycles. The number of fused-ring (bicyclic) bond motifs is 5. The number of hydrogen-bond acceptors (Lipinski definition) is 8. The lowest BCUT2D eigenvalue weighted by atomic mass is 10.0. The van der Waals surface area contributed by atoms with Gasteiger partial charge in [-0.25, -0.2) is 0 Å². The van der Waals surface area contributed by atoms with Crippen LogP contribution in [-0.2, 0) is 24.2 Å². The lowest BCUT2D eigenvalue weighted by Crippen LogP contribution is -2.37. The summed E-state index contributed by atoms with van der Waals surface area (Å²) in [7, 11) is 0. The van der Waals surface area contributed by atoms with Gasteiger partial charge in [-0.1, -0.05) is 35.4 Å². The number of anilines is 1. The molecule has 148 valence electrons. The first-order valence-corrected chi connectivity index (χ1v) is 10.8. The van der Waals surface area contributed by atoms with Crippen molar-refractivity contribution in [1.29, 1.82) is 0 Å². The summed E-state index contributed by atoms with van der Waals surface area (Å²) >= 11 is 1.81. The minimum atomic E-state index is 0.568. The Balaban J connectivity index is 1.43. The second-order valence-corrected chi connectivity index (χ2v) is 8.64. The third-order valence-electron chi connectivity index (χ3n) is 5.75. The van der Waals surface area contributed by atoms with Gasteiger partial charge >= 0.3 is 0 Å². The van der Waals surface area contributed by atoms with Gasteiger partial charge in [0.05, 0.1) is 18.6 Å². The Hall–Kier alpha value is -2.62. The van der Waals surface area contributed by atoms with Crippen LogP contribution in [0.4, 0.5) is 5.82 Å². The van der Waals surface area contributed by atoms with Crippen LogP contribution >= 0.6 is 11.3 Å². The molecule has 29 heavy (non-hydrogen) atoms. The van der Waals surface area contributed by atoms with E-state index in [1.807, 2.05) is 11.3 Å². The van der Waals surface area contributed by atoms with Gasteiger partial charge in [0.15, 0.2) is 0 Å². The lowest BCUT2D eigenvalue weighted by Gasteiger charge is -2.30. The van der Waals surface area contributed by atoms with Crippen LogP contribution in [0.2, 0.25) is 0 Å². The number of morpholine rings is 1. The molecule has 0 unspecified atom stereocenters. The molecule has 0 aliphatic carbocycles. The van der Waals surface area contributed by atoms with E-state index < -0.39 is 0 Å². The molecule has 0 saturated carbocycles. The smallest absolute Gasteiger partial charge is 0.276 e. The van der Waals surface area contributed by atoms with E-state index in [9.17, 15) is 0 Å². The molecule has 8 nitrogen and oxygen atoms in total. The topological polar surface area (TPSA) is 71.7 Å². The van der Waals surface area contributed by atoms with Crippen molar-refractivity contribution in [3.8, 4) is 0 Å². The average molecular weight is 408 g/mol. The van der Waals surface area contributed by atoms with Gasteiger partial charge in [0.25, 0.3) is 5.78 Å². The zero-order valence-electron chi connectivity index (χ0n) is 16.0. The predicted molar refractivity (Wildman–Crippen MR) is 111 cm³/mol. The van der Waals surface area contributed by atoms with Crippen LogP contribution in [0, 0.1) is 0 Å². The molecule has 4 aromatic rings.